The molecule has 0 radical (unpaired) electrons. The number of carbonyl (C=O) groups excluding carboxylic acids is 1. The van der Waals surface area contributed by atoms with Crippen molar-refractivity contribution in [3.63, 3.8) is 0 Å². The Kier molecular flexibility index (Phi) is 3.73. The number of aliphatic hydroxyl groups excluding tert-OH is 1. The van der Waals surface area contributed by atoms with Crippen LogP contribution < -0.4 is 5.32 Å². The lowest BCUT2D eigenvalue weighted by Crippen LogP contribution is -2.45. The van der Waals surface area contributed by atoms with Crippen molar-refractivity contribution in [2.24, 2.45) is 5.92 Å². The molecule has 17 heavy (non-hydrogen) atoms. The van der Waals surface area contributed by atoms with E-state index in [9.17, 15) is 18.3 Å². The zero-order valence-corrected chi connectivity index (χ0v) is 10.6. The van der Waals surface area contributed by atoms with Crippen molar-refractivity contribution in [2.75, 3.05) is 11.5 Å². The third kappa shape index (κ3) is 3.19. The van der Waals surface area contributed by atoms with Crippen LogP contribution in [0.4, 0.5) is 0 Å². The van der Waals surface area contributed by atoms with Crippen molar-refractivity contribution in [1.29, 1.82) is 0 Å². The molecule has 2 aliphatic rings. The maximum atomic E-state index is 11.9. The zero-order chi connectivity index (χ0) is 12.5. The molecule has 1 saturated heterocycles. The van der Waals surface area contributed by atoms with Gasteiger partial charge in [0.1, 0.15) is 0 Å². The molecular formula is C11H19NO4S. The van der Waals surface area contributed by atoms with Gasteiger partial charge >= 0.3 is 0 Å². The van der Waals surface area contributed by atoms with Crippen LogP contribution in [-0.2, 0) is 14.6 Å². The maximum Gasteiger partial charge on any atom is 0.223 e. The number of sulfone groups is 1. The number of amides is 1. The van der Waals surface area contributed by atoms with Crippen molar-refractivity contribution in [1.82, 2.24) is 5.32 Å². The van der Waals surface area contributed by atoms with Crippen molar-refractivity contribution >= 4 is 15.7 Å². The first-order valence-electron chi connectivity index (χ1n) is 6.17. The normalized spacial score (nSPS) is 33.5. The van der Waals surface area contributed by atoms with Crippen LogP contribution in [0, 0.1) is 5.92 Å². The highest BCUT2D eigenvalue weighted by molar-refractivity contribution is 7.91. The van der Waals surface area contributed by atoms with E-state index in [0.717, 1.165) is 25.7 Å². The molecule has 1 amide bonds. The van der Waals surface area contributed by atoms with E-state index in [1.807, 2.05) is 0 Å². The van der Waals surface area contributed by atoms with Crippen molar-refractivity contribution in [2.45, 2.75) is 44.2 Å². The minimum absolute atomic E-state index is 0.000691. The number of carbonyl (C=O) groups is 1. The summed E-state index contributed by atoms with van der Waals surface area (Å²) in [5.74, 6) is -0.458. The fraction of sp³-hybridized carbons (Fsp3) is 0.909. The Labute approximate surface area is 102 Å². The van der Waals surface area contributed by atoms with Crippen molar-refractivity contribution in [3.05, 3.63) is 0 Å². The molecule has 1 aliphatic heterocycles. The molecule has 1 aliphatic carbocycles. The molecule has 2 unspecified atom stereocenters. The lowest BCUT2D eigenvalue weighted by molar-refractivity contribution is -0.127. The van der Waals surface area contributed by atoms with E-state index >= 15 is 0 Å². The van der Waals surface area contributed by atoms with Crippen LogP contribution in [0.2, 0.25) is 0 Å². The SMILES string of the molecule is O=C(NC1CS(=O)(=O)CC1O)C1CCCCC1. The molecule has 6 heteroatoms. The Hall–Kier alpha value is -0.620. The van der Waals surface area contributed by atoms with E-state index < -0.39 is 22.0 Å². The first-order chi connectivity index (χ1) is 7.98. The highest BCUT2D eigenvalue weighted by atomic mass is 32.2. The average Bonchev–Trinajstić information content (AvgIpc) is 2.53. The summed E-state index contributed by atoms with van der Waals surface area (Å²) in [5.41, 5.74) is 0. The van der Waals surface area contributed by atoms with Crippen LogP contribution in [0.15, 0.2) is 0 Å². The highest BCUT2D eigenvalue weighted by Gasteiger charge is 2.38. The fourth-order valence-corrected chi connectivity index (χ4v) is 4.37. The van der Waals surface area contributed by atoms with Gasteiger partial charge in [0, 0.05) is 5.92 Å². The molecule has 2 N–H and O–H groups in total. The lowest BCUT2D eigenvalue weighted by Gasteiger charge is -2.23. The van der Waals surface area contributed by atoms with Gasteiger partial charge in [-0.05, 0) is 12.8 Å². The van der Waals surface area contributed by atoms with Gasteiger partial charge in [0.05, 0.1) is 23.7 Å². The van der Waals surface area contributed by atoms with Crippen LogP contribution in [0.5, 0.6) is 0 Å². The molecule has 0 spiro atoms. The Morgan fingerprint density at radius 2 is 1.76 bits per heavy atom. The predicted octanol–water partition coefficient (Wildman–Crippen LogP) is -0.159. The van der Waals surface area contributed by atoms with Crippen LogP contribution in [0.3, 0.4) is 0 Å². The smallest absolute Gasteiger partial charge is 0.223 e. The molecule has 2 atom stereocenters. The van der Waals surface area contributed by atoms with Gasteiger partial charge in [-0.1, -0.05) is 19.3 Å². The van der Waals surface area contributed by atoms with E-state index in [4.69, 9.17) is 0 Å². The lowest BCUT2D eigenvalue weighted by atomic mass is 9.88. The topological polar surface area (TPSA) is 83.5 Å². The van der Waals surface area contributed by atoms with Gasteiger partial charge in [-0.2, -0.15) is 0 Å². The van der Waals surface area contributed by atoms with Gasteiger partial charge in [0.15, 0.2) is 9.84 Å². The summed E-state index contributed by atoms with van der Waals surface area (Å²) in [6, 6.07) is -0.616. The van der Waals surface area contributed by atoms with Gasteiger partial charge in [-0.25, -0.2) is 8.42 Å². The molecule has 1 saturated carbocycles. The summed E-state index contributed by atoms with van der Waals surface area (Å²) >= 11 is 0. The van der Waals surface area contributed by atoms with Gasteiger partial charge < -0.3 is 10.4 Å². The summed E-state index contributed by atoms with van der Waals surface area (Å²) in [7, 11) is -3.19. The largest absolute Gasteiger partial charge is 0.390 e. The van der Waals surface area contributed by atoms with E-state index in [0.29, 0.717) is 0 Å². The standard InChI is InChI=1S/C11H19NO4S/c13-10-7-17(15,16)6-9(10)12-11(14)8-4-2-1-3-5-8/h8-10,13H,1-7H2,(H,12,14). The second kappa shape index (κ2) is 4.94. The summed E-state index contributed by atoms with van der Waals surface area (Å²) in [6.07, 6.45) is 4.09. The van der Waals surface area contributed by atoms with Crippen molar-refractivity contribution < 1.29 is 18.3 Å². The number of hydrogen-bond acceptors (Lipinski definition) is 4. The molecule has 5 nitrogen and oxygen atoms in total. The summed E-state index contributed by atoms with van der Waals surface area (Å²) in [6.45, 7) is 0. The van der Waals surface area contributed by atoms with Gasteiger partial charge in [-0.3, -0.25) is 4.79 Å². The Bertz CT molecular complexity index is 386. The highest BCUT2D eigenvalue weighted by Crippen LogP contribution is 2.24. The predicted molar refractivity (Wildman–Crippen MR) is 63.2 cm³/mol. The molecule has 0 bridgehead atoms. The monoisotopic (exact) mass is 261 g/mol. The fourth-order valence-electron chi connectivity index (χ4n) is 2.63. The van der Waals surface area contributed by atoms with Crippen LogP contribution in [-0.4, -0.2) is 43.1 Å². The molecule has 0 aromatic carbocycles. The Morgan fingerprint density at radius 1 is 1.12 bits per heavy atom. The maximum absolute atomic E-state index is 11.9. The summed E-state index contributed by atoms with van der Waals surface area (Å²) < 4.78 is 22.6. The Morgan fingerprint density at radius 3 is 2.29 bits per heavy atom. The number of nitrogens with one attached hydrogen (secondary N) is 1. The summed E-state index contributed by atoms with van der Waals surface area (Å²) in [4.78, 5) is 11.9. The Balaban J connectivity index is 1.90. The minimum Gasteiger partial charge on any atom is -0.390 e. The zero-order valence-electron chi connectivity index (χ0n) is 9.76. The van der Waals surface area contributed by atoms with Crippen LogP contribution >= 0.6 is 0 Å². The molecule has 1 heterocycles. The van der Waals surface area contributed by atoms with E-state index in [1.54, 1.807) is 0 Å². The third-order valence-corrected chi connectivity index (χ3v) is 5.34. The first kappa shape index (κ1) is 12.8. The average molecular weight is 261 g/mol. The third-order valence-electron chi connectivity index (χ3n) is 3.63. The van der Waals surface area contributed by atoms with Gasteiger partial charge in [0.25, 0.3) is 0 Å². The number of rotatable bonds is 2. The van der Waals surface area contributed by atoms with Crippen molar-refractivity contribution in [3.8, 4) is 0 Å². The van der Waals surface area contributed by atoms with Crippen LogP contribution in [0.25, 0.3) is 0 Å². The second-order valence-corrected chi connectivity index (χ2v) is 7.25. The quantitative estimate of drug-likeness (QED) is 0.723. The second-order valence-electron chi connectivity index (χ2n) is 5.09. The van der Waals surface area contributed by atoms with E-state index in [-0.39, 0.29) is 23.3 Å². The van der Waals surface area contributed by atoms with Crippen LogP contribution in [0.1, 0.15) is 32.1 Å². The van der Waals surface area contributed by atoms with E-state index in [1.165, 1.54) is 6.42 Å². The molecule has 98 valence electrons. The van der Waals surface area contributed by atoms with E-state index in [2.05, 4.69) is 5.32 Å². The van der Waals surface area contributed by atoms with Gasteiger partial charge in [0.2, 0.25) is 5.91 Å². The molecular weight excluding hydrogens is 242 g/mol. The van der Waals surface area contributed by atoms with Gasteiger partial charge in [-0.15, -0.1) is 0 Å². The molecule has 2 fully saturated rings. The first-order valence-corrected chi connectivity index (χ1v) is 7.99. The summed E-state index contributed by atoms with van der Waals surface area (Å²) in [5, 5.41) is 12.3. The molecule has 0 aromatic heterocycles. The molecule has 0 aromatic rings. The minimum atomic E-state index is -3.19. The number of hydrogen-bond donors (Lipinski definition) is 2. The number of aliphatic hydroxyl groups is 1. The molecule has 2 rings (SSSR count).